The van der Waals surface area contributed by atoms with E-state index < -0.39 is 5.97 Å². The van der Waals surface area contributed by atoms with Crippen LogP contribution < -0.4 is 9.47 Å². The fraction of sp³-hybridized carbons (Fsp3) is 0.529. The molecule has 1 aromatic carbocycles. The maximum absolute atomic E-state index is 12.6. The van der Waals surface area contributed by atoms with Crippen molar-refractivity contribution < 1.29 is 24.2 Å². The molecule has 6 nitrogen and oxygen atoms in total. The standard InChI is InChI=1S/C17H25NO5/c1-11(2)18(9-8-16(19)20)17(21)13-6-7-14(23-12(3)4)15(10-13)22-5/h6-7,10-12H,8-9H2,1-5H3,(H,19,20). The second-order valence-corrected chi connectivity index (χ2v) is 5.77. The molecule has 0 unspecified atom stereocenters. The van der Waals surface area contributed by atoms with Crippen LogP contribution in [0.3, 0.4) is 0 Å². The number of carbonyl (C=O) groups excluding carboxylic acids is 1. The number of rotatable bonds is 8. The highest BCUT2D eigenvalue weighted by atomic mass is 16.5. The van der Waals surface area contributed by atoms with Gasteiger partial charge in [0, 0.05) is 18.2 Å². The van der Waals surface area contributed by atoms with Crippen LogP contribution in [-0.2, 0) is 4.79 Å². The first-order chi connectivity index (χ1) is 10.8. The normalized spacial score (nSPS) is 10.7. The highest BCUT2D eigenvalue weighted by molar-refractivity contribution is 5.95. The first-order valence-electron chi connectivity index (χ1n) is 7.63. The molecule has 0 saturated heterocycles. The second-order valence-electron chi connectivity index (χ2n) is 5.77. The van der Waals surface area contributed by atoms with Crippen LogP contribution in [0.25, 0.3) is 0 Å². The largest absolute Gasteiger partial charge is 0.493 e. The van der Waals surface area contributed by atoms with E-state index in [4.69, 9.17) is 14.6 Å². The third-order valence-corrected chi connectivity index (χ3v) is 3.22. The van der Waals surface area contributed by atoms with Gasteiger partial charge >= 0.3 is 5.97 Å². The molecule has 0 aliphatic rings. The molecule has 128 valence electrons. The van der Waals surface area contributed by atoms with E-state index in [-0.39, 0.29) is 31.0 Å². The van der Waals surface area contributed by atoms with Crippen molar-refractivity contribution in [3.63, 3.8) is 0 Å². The van der Waals surface area contributed by atoms with Gasteiger partial charge in [0.05, 0.1) is 19.6 Å². The summed E-state index contributed by atoms with van der Waals surface area (Å²) in [5.41, 5.74) is 0.442. The fourth-order valence-corrected chi connectivity index (χ4v) is 2.13. The number of aliphatic carboxylic acids is 1. The van der Waals surface area contributed by atoms with Crippen molar-refractivity contribution in [1.29, 1.82) is 0 Å². The summed E-state index contributed by atoms with van der Waals surface area (Å²) in [5, 5.41) is 8.82. The Kier molecular flexibility index (Phi) is 6.88. The van der Waals surface area contributed by atoms with Crippen molar-refractivity contribution in [3.05, 3.63) is 23.8 Å². The van der Waals surface area contributed by atoms with E-state index in [2.05, 4.69) is 0 Å². The van der Waals surface area contributed by atoms with Gasteiger partial charge in [-0.3, -0.25) is 9.59 Å². The number of hydrogen-bond donors (Lipinski definition) is 1. The molecule has 23 heavy (non-hydrogen) atoms. The highest BCUT2D eigenvalue weighted by Gasteiger charge is 2.21. The van der Waals surface area contributed by atoms with Gasteiger partial charge in [-0.1, -0.05) is 0 Å². The van der Waals surface area contributed by atoms with Gasteiger partial charge in [0.1, 0.15) is 0 Å². The summed E-state index contributed by atoms with van der Waals surface area (Å²) >= 11 is 0. The number of carboxylic acid groups (broad SMARTS) is 1. The van der Waals surface area contributed by atoms with Crippen LogP contribution in [0, 0.1) is 0 Å². The molecule has 1 rings (SSSR count). The predicted octanol–water partition coefficient (Wildman–Crippen LogP) is 2.81. The van der Waals surface area contributed by atoms with Crippen molar-refractivity contribution in [2.45, 2.75) is 46.3 Å². The summed E-state index contributed by atoms with van der Waals surface area (Å²) in [6.45, 7) is 7.69. The van der Waals surface area contributed by atoms with Crippen LogP contribution in [0.5, 0.6) is 11.5 Å². The minimum absolute atomic E-state index is 0.00631. The topological polar surface area (TPSA) is 76.1 Å². The molecule has 1 aromatic rings. The van der Waals surface area contributed by atoms with E-state index in [1.165, 1.54) is 12.0 Å². The molecule has 0 radical (unpaired) electrons. The lowest BCUT2D eigenvalue weighted by Gasteiger charge is -2.26. The zero-order valence-electron chi connectivity index (χ0n) is 14.3. The lowest BCUT2D eigenvalue weighted by molar-refractivity contribution is -0.137. The Hall–Kier alpha value is -2.24. The average Bonchev–Trinajstić information content (AvgIpc) is 2.46. The Balaban J connectivity index is 3.02. The molecule has 0 bridgehead atoms. The Labute approximate surface area is 137 Å². The summed E-state index contributed by atoms with van der Waals surface area (Å²) in [7, 11) is 1.52. The summed E-state index contributed by atoms with van der Waals surface area (Å²) in [4.78, 5) is 24.9. The minimum Gasteiger partial charge on any atom is -0.493 e. The van der Waals surface area contributed by atoms with Crippen LogP contribution in [0.1, 0.15) is 44.5 Å². The van der Waals surface area contributed by atoms with E-state index >= 15 is 0 Å². The summed E-state index contributed by atoms with van der Waals surface area (Å²) in [6, 6.07) is 4.89. The number of hydrogen-bond acceptors (Lipinski definition) is 4. The van der Waals surface area contributed by atoms with Crippen molar-refractivity contribution in [2.75, 3.05) is 13.7 Å². The lowest BCUT2D eigenvalue weighted by atomic mass is 10.1. The maximum atomic E-state index is 12.6. The molecular weight excluding hydrogens is 298 g/mol. The molecule has 6 heteroatoms. The van der Waals surface area contributed by atoms with E-state index in [9.17, 15) is 9.59 Å². The third kappa shape index (κ3) is 5.47. The molecule has 0 fully saturated rings. The number of amides is 1. The fourth-order valence-electron chi connectivity index (χ4n) is 2.13. The number of benzene rings is 1. The van der Waals surface area contributed by atoms with Gasteiger partial charge in [-0.15, -0.1) is 0 Å². The van der Waals surface area contributed by atoms with E-state index in [0.717, 1.165) is 0 Å². The smallest absolute Gasteiger partial charge is 0.305 e. The highest BCUT2D eigenvalue weighted by Crippen LogP contribution is 2.29. The third-order valence-electron chi connectivity index (χ3n) is 3.22. The van der Waals surface area contributed by atoms with Crippen molar-refractivity contribution >= 4 is 11.9 Å². The quantitative estimate of drug-likeness (QED) is 0.796. The first-order valence-corrected chi connectivity index (χ1v) is 7.63. The Morgan fingerprint density at radius 1 is 1.17 bits per heavy atom. The molecule has 0 aromatic heterocycles. The predicted molar refractivity (Wildman–Crippen MR) is 87.2 cm³/mol. The van der Waals surface area contributed by atoms with Crippen LogP contribution in [0.15, 0.2) is 18.2 Å². The zero-order valence-corrected chi connectivity index (χ0v) is 14.3. The number of carbonyl (C=O) groups is 2. The lowest BCUT2D eigenvalue weighted by Crippen LogP contribution is -2.38. The second kappa shape index (κ2) is 8.41. The summed E-state index contributed by atoms with van der Waals surface area (Å²) in [5.74, 6) is -0.107. The SMILES string of the molecule is COc1cc(C(=O)N(CCC(=O)O)C(C)C)ccc1OC(C)C. The number of carboxylic acids is 1. The molecule has 0 saturated carbocycles. The van der Waals surface area contributed by atoms with Gasteiger partial charge in [-0.05, 0) is 45.9 Å². The summed E-state index contributed by atoms with van der Waals surface area (Å²) in [6.07, 6.45) is -0.0940. The molecule has 0 aliphatic carbocycles. The van der Waals surface area contributed by atoms with Crippen LogP contribution in [0.4, 0.5) is 0 Å². The van der Waals surface area contributed by atoms with Gasteiger partial charge in [-0.25, -0.2) is 0 Å². The molecule has 0 aliphatic heterocycles. The number of nitrogens with zero attached hydrogens (tertiary/aromatic N) is 1. The van der Waals surface area contributed by atoms with E-state index in [0.29, 0.717) is 17.1 Å². The molecule has 0 spiro atoms. The molecule has 0 heterocycles. The Bertz CT molecular complexity index is 554. The van der Waals surface area contributed by atoms with Crippen molar-refractivity contribution in [3.8, 4) is 11.5 Å². The number of methoxy groups -OCH3 is 1. The Morgan fingerprint density at radius 2 is 1.83 bits per heavy atom. The monoisotopic (exact) mass is 323 g/mol. The van der Waals surface area contributed by atoms with Gasteiger partial charge in [-0.2, -0.15) is 0 Å². The molecule has 1 amide bonds. The Morgan fingerprint density at radius 3 is 2.30 bits per heavy atom. The minimum atomic E-state index is -0.929. The molecular formula is C17H25NO5. The first kappa shape index (κ1) is 18.8. The van der Waals surface area contributed by atoms with E-state index in [1.807, 2.05) is 27.7 Å². The van der Waals surface area contributed by atoms with Gasteiger partial charge < -0.3 is 19.5 Å². The van der Waals surface area contributed by atoms with Crippen LogP contribution in [-0.4, -0.2) is 47.7 Å². The maximum Gasteiger partial charge on any atom is 0.305 e. The molecule has 1 N–H and O–H groups in total. The van der Waals surface area contributed by atoms with Crippen molar-refractivity contribution in [2.24, 2.45) is 0 Å². The van der Waals surface area contributed by atoms with Gasteiger partial charge in [0.15, 0.2) is 11.5 Å². The average molecular weight is 323 g/mol. The molecule has 0 atom stereocenters. The van der Waals surface area contributed by atoms with Crippen LogP contribution >= 0.6 is 0 Å². The zero-order chi connectivity index (χ0) is 17.6. The van der Waals surface area contributed by atoms with Crippen LogP contribution in [0.2, 0.25) is 0 Å². The van der Waals surface area contributed by atoms with E-state index in [1.54, 1.807) is 18.2 Å². The number of ether oxygens (including phenoxy) is 2. The van der Waals surface area contributed by atoms with Crippen molar-refractivity contribution in [1.82, 2.24) is 4.90 Å². The van der Waals surface area contributed by atoms with Gasteiger partial charge in [0.25, 0.3) is 5.91 Å². The summed E-state index contributed by atoms with van der Waals surface area (Å²) < 4.78 is 10.9. The van der Waals surface area contributed by atoms with Gasteiger partial charge in [0.2, 0.25) is 0 Å².